The van der Waals surface area contributed by atoms with Gasteiger partial charge in [0.15, 0.2) is 5.60 Å². The highest BCUT2D eigenvalue weighted by Gasteiger charge is 2.30. The number of carbonyl (C=O) groups excluding carboxylic acids is 1. The second-order valence-corrected chi connectivity index (χ2v) is 5.14. The van der Waals surface area contributed by atoms with E-state index in [1.165, 1.54) is 12.1 Å². The highest BCUT2D eigenvalue weighted by molar-refractivity contribution is 9.10. The second-order valence-electron chi connectivity index (χ2n) is 4.28. The van der Waals surface area contributed by atoms with Crippen LogP contribution in [0.4, 0.5) is 4.39 Å². The molecule has 1 unspecified atom stereocenters. The van der Waals surface area contributed by atoms with Crippen molar-refractivity contribution in [1.82, 2.24) is 5.32 Å². The summed E-state index contributed by atoms with van der Waals surface area (Å²) in [7, 11) is 0. The summed E-state index contributed by atoms with van der Waals surface area (Å²) >= 11 is 2.99. The molecule has 0 bridgehead atoms. The standard InChI is InChI=1S/C12H13BrFNO4/c1-12(19,11(17)18)6-15-10(16)5-7-2-3-8(13)9(14)4-7/h2-4,19H,5-6H2,1H3,(H,15,16)(H,17,18). The second kappa shape index (κ2) is 6.12. The van der Waals surface area contributed by atoms with Gasteiger partial charge >= 0.3 is 5.97 Å². The average Bonchev–Trinajstić information content (AvgIpc) is 2.31. The van der Waals surface area contributed by atoms with Gasteiger partial charge in [0.1, 0.15) is 5.82 Å². The molecule has 1 rings (SSSR count). The Morgan fingerprint density at radius 1 is 1.47 bits per heavy atom. The first kappa shape index (κ1) is 15.6. The predicted molar refractivity (Wildman–Crippen MR) is 69.1 cm³/mol. The summed E-state index contributed by atoms with van der Waals surface area (Å²) in [6.07, 6.45) is -0.0973. The van der Waals surface area contributed by atoms with Gasteiger partial charge < -0.3 is 15.5 Å². The molecule has 1 aromatic rings. The molecule has 0 saturated carbocycles. The first-order valence-corrected chi connectivity index (χ1v) is 6.18. The third kappa shape index (κ3) is 4.60. The van der Waals surface area contributed by atoms with Crippen molar-refractivity contribution in [3.63, 3.8) is 0 Å². The fourth-order valence-corrected chi connectivity index (χ4v) is 1.49. The molecule has 1 aromatic carbocycles. The maximum atomic E-state index is 13.2. The zero-order chi connectivity index (χ0) is 14.6. The van der Waals surface area contributed by atoms with Crippen molar-refractivity contribution in [1.29, 1.82) is 0 Å². The lowest BCUT2D eigenvalue weighted by Crippen LogP contribution is -2.46. The van der Waals surface area contributed by atoms with E-state index in [2.05, 4.69) is 21.2 Å². The maximum Gasteiger partial charge on any atom is 0.337 e. The highest BCUT2D eigenvalue weighted by atomic mass is 79.9. The number of benzene rings is 1. The fourth-order valence-electron chi connectivity index (χ4n) is 1.24. The number of hydrogen-bond acceptors (Lipinski definition) is 3. The third-order valence-electron chi connectivity index (χ3n) is 2.44. The quantitative estimate of drug-likeness (QED) is 0.752. The van der Waals surface area contributed by atoms with Crippen LogP contribution < -0.4 is 5.32 Å². The van der Waals surface area contributed by atoms with Crippen LogP contribution in [0.2, 0.25) is 0 Å². The fraction of sp³-hybridized carbons (Fsp3) is 0.333. The van der Waals surface area contributed by atoms with E-state index in [1.807, 2.05) is 0 Å². The van der Waals surface area contributed by atoms with E-state index in [9.17, 15) is 19.1 Å². The van der Waals surface area contributed by atoms with Gasteiger partial charge in [-0.05, 0) is 40.5 Å². The molecule has 104 valence electrons. The zero-order valence-electron chi connectivity index (χ0n) is 10.1. The van der Waals surface area contributed by atoms with Gasteiger partial charge in [-0.15, -0.1) is 0 Å². The number of aliphatic carboxylic acids is 1. The molecule has 1 atom stereocenters. The minimum absolute atomic E-state index is 0.0973. The number of carbonyl (C=O) groups is 2. The molecule has 0 aliphatic heterocycles. The van der Waals surface area contributed by atoms with Gasteiger partial charge in [-0.3, -0.25) is 4.79 Å². The first-order chi connectivity index (χ1) is 8.72. The van der Waals surface area contributed by atoms with Crippen LogP contribution >= 0.6 is 15.9 Å². The van der Waals surface area contributed by atoms with E-state index >= 15 is 0 Å². The van der Waals surface area contributed by atoms with Crippen LogP contribution in [-0.4, -0.2) is 34.2 Å². The monoisotopic (exact) mass is 333 g/mol. The van der Waals surface area contributed by atoms with Crippen LogP contribution in [0.25, 0.3) is 0 Å². The Balaban J connectivity index is 2.56. The molecular formula is C12H13BrFNO4. The van der Waals surface area contributed by atoms with Gasteiger partial charge in [0.2, 0.25) is 5.91 Å². The number of amides is 1. The molecule has 7 heteroatoms. The van der Waals surface area contributed by atoms with Crippen molar-refractivity contribution >= 4 is 27.8 Å². The van der Waals surface area contributed by atoms with E-state index in [0.29, 0.717) is 10.0 Å². The number of aliphatic hydroxyl groups is 1. The van der Waals surface area contributed by atoms with Crippen molar-refractivity contribution < 1.29 is 24.2 Å². The van der Waals surface area contributed by atoms with Crippen molar-refractivity contribution in [2.75, 3.05) is 6.54 Å². The molecule has 0 aliphatic carbocycles. The number of carboxylic acid groups (broad SMARTS) is 1. The minimum Gasteiger partial charge on any atom is -0.479 e. The molecule has 0 aliphatic rings. The molecular weight excluding hydrogens is 321 g/mol. The molecule has 19 heavy (non-hydrogen) atoms. The van der Waals surface area contributed by atoms with E-state index in [4.69, 9.17) is 5.11 Å². The molecule has 0 saturated heterocycles. The van der Waals surface area contributed by atoms with Gasteiger partial charge in [-0.25, -0.2) is 9.18 Å². The SMILES string of the molecule is CC(O)(CNC(=O)Cc1ccc(Br)c(F)c1)C(=O)O. The highest BCUT2D eigenvalue weighted by Crippen LogP contribution is 2.16. The lowest BCUT2D eigenvalue weighted by molar-refractivity contribution is -0.156. The lowest BCUT2D eigenvalue weighted by atomic mass is 10.1. The Bertz CT molecular complexity index is 505. The summed E-state index contributed by atoms with van der Waals surface area (Å²) in [5.41, 5.74) is -1.58. The van der Waals surface area contributed by atoms with Crippen LogP contribution in [0, 0.1) is 5.82 Å². The lowest BCUT2D eigenvalue weighted by Gasteiger charge is -2.18. The van der Waals surface area contributed by atoms with Crippen molar-refractivity contribution in [2.24, 2.45) is 0 Å². The van der Waals surface area contributed by atoms with Crippen molar-refractivity contribution in [3.05, 3.63) is 34.1 Å². The summed E-state index contributed by atoms with van der Waals surface area (Å²) < 4.78 is 13.5. The van der Waals surface area contributed by atoms with Gasteiger partial charge in [-0.2, -0.15) is 0 Å². The number of hydrogen-bond donors (Lipinski definition) is 3. The molecule has 0 radical (unpaired) electrons. The average molecular weight is 334 g/mol. The summed E-state index contributed by atoms with van der Waals surface area (Å²) in [4.78, 5) is 22.1. The molecule has 0 aromatic heterocycles. The number of halogens is 2. The molecule has 1 amide bonds. The minimum atomic E-state index is -2.03. The number of carboxylic acids is 1. The Kier molecular flexibility index (Phi) is 5.02. The number of nitrogens with one attached hydrogen (secondary N) is 1. The van der Waals surface area contributed by atoms with Crippen molar-refractivity contribution in [2.45, 2.75) is 18.9 Å². The summed E-state index contributed by atoms with van der Waals surface area (Å²) in [5, 5.41) is 20.3. The third-order valence-corrected chi connectivity index (χ3v) is 3.08. The van der Waals surface area contributed by atoms with Crippen LogP contribution in [0.15, 0.2) is 22.7 Å². The molecule has 0 fully saturated rings. The summed E-state index contributed by atoms with van der Waals surface area (Å²) in [5.74, 6) is -2.41. The largest absolute Gasteiger partial charge is 0.479 e. The zero-order valence-corrected chi connectivity index (χ0v) is 11.7. The number of rotatable bonds is 5. The topological polar surface area (TPSA) is 86.6 Å². The Morgan fingerprint density at radius 3 is 2.63 bits per heavy atom. The Labute approximate surface area is 117 Å². The first-order valence-electron chi connectivity index (χ1n) is 5.39. The van der Waals surface area contributed by atoms with Gasteiger partial charge in [0, 0.05) is 0 Å². The predicted octanol–water partition coefficient (Wildman–Crippen LogP) is 1.08. The molecule has 3 N–H and O–H groups in total. The molecule has 0 spiro atoms. The normalized spacial score (nSPS) is 13.7. The van der Waals surface area contributed by atoms with Crippen molar-refractivity contribution in [3.8, 4) is 0 Å². The van der Waals surface area contributed by atoms with Gasteiger partial charge in [0.25, 0.3) is 0 Å². The van der Waals surface area contributed by atoms with Crippen LogP contribution in [0.1, 0.15) is 12.5 Å². The summed E-state index contributed by atoms with van der Waals surface area (Å²) in [6.45, 7) is 0.662. The Morgan fingerprint density at radius 2 is 2.11 bits per heavy atom. The summed E-state index contributed by atoms with van der Waals surface area (Å²) in [6, 6.07) is 4.26. The van der Waals surface area contributed by atoms with E-state index in [0.717, 1.165) is 6.92 Å². The van der Waals surface area contributed by atoms with Crippen LogP contribution in [0.5, 0.6) is 0 Å². The molecule has 0 heterocycles. The van der Waals surface area contributed by atoms with E-state index in [1.54, 1.807) is 6.07 Å². The smallest absolute Gasteiger partial charge is 0.337 e. The van der Waals surface area contributed by atoms with Gasteiger partial charge in [-0.1, -0.05) is 6.07 Å². The van der Waals surface area contributed by atoms with Gasteiger partial charge in [0.05, 0.1) is 17.4 Å². The van der Waals surface area contributed by atoms with E-state index in [-0.39, 0.29) is 6.42 Å². The molecule has 5 nitrogen and oxygen atoms in total. The maximum absolute atomic E-state index is 13.2. The van der Waals surface area contributed by atoms with Crippen LogP contribution in [-0.2, 0) is 16.0 Å². The van der Waals surface area contributed by atoms with Crippen LogP contribution in [0.3, 0.4) is 0 Å². The Hall–Kier alpha value is -1.47. The van der Waals surface area contributed by atoms with E-state index < -0.39 is 29.8 Å².